The summed E-state index contributed by atoms with van der Waals surface area (Å²) in [6.45, 7) is 7.67. The third-order valence-electron chi connectivity index (χ3n) is 3.16. The van der Waals surface area contributed by atoms with E-state index in [9.17, 15) is 0 Å². The van der Waals surface area contributed by atoms with Crippen molar-refractivity contribution in [2.75, 3.05) is 23.0 Å². The van der Waals surface area contributed by atoms with Crippen LogP contribution < -0.4 is 4.90 Å². The van der Waals surface area contributed by atoms with Crippen LogP contribution in [0.2, 0.25) is 0 Å². The van der Waals surface area contributed by atoms with Gasteiger partial charge in [0.2, 0.25) is 0 Å². The van der Waals surface area contributed by atoms with Gasteiger partial charge in [-0.1, -0.05) is 13.8 Å². The third-order valence-corrected chi connectivity index (χ3v) is 4.15. The lowest BCUT2D eigenvalue weighted by molar-refractivity contribution is 0.632. The summed E-state index contributed by atoms with van der Waals surface area (Å²) < 4.78 is 0. The van der Waals surface area contributed by atoms with Crippen molar-refractivity contribution in [2.24, 2.45) is 0 Å². The van der Waals surface area contributed by atoms with Gasteiger partial charge >= 0.3 is 0 Å². The molecule has 0 saturated carbocycles. The highest BCUT2D eigenvalue weighted by molar-refractivity contribution is 7.99. The normalized spacial score (nSPS) is 21.6. The van der Waals surface area contributed by atoms with Crippen LogP contribution in [0.25, 0.3) is 0 Å². The molecule has 1 aliphatic heterocycles. The summed E-state index contributed by atoms with van der Waals surface area (Å²) in [5.74, 6) is 4.91. The molecule has 0 N–H and O–H groups in total. The zero-order valence-electron chi connectivity index (χ0n) is 10.9. The van der Waals surface area contributed by atoms with E-state index in [0.29, 0.717) is 12.0 Å². The third kappa shape index (κ3) is 3.12. The van der Waals surface area contributed by atoms with Gasteiger partial charge in [0.1, 0.15) is 11.6 Å². The summed E-state index contributed by atoms with van der Waals surface area (Å²) in [5.41, 5.74) is 0. The number of rotatable bonds is 2. The zero-order valence-corrected chi connectivity index (χ0v) is 11.7. The van der Waals surface area contributed by atoms with Gasteiger partial charge in [-0.3, -0.25) is 0 Å². The van der Waals surface area contributed by atoms with Gasteiger partial charge in [0.15, 0.2) is 0 Å². The fourth-order valence-electron chi connectivity index (χ4n) is 2.04. The van der Waals surface area contributed by atoms with Crippen LogP contribution in [-0.2, 0) is 0 Å². The molecule has 0 bridgehead atoms. The Morgan fingerprint density at radius 1 is 1.41 bits per heavy atom. The van der Waals surface area contributed by atoms with E-state index in [1.807, 2.05) is 24.0 Å². The van der Waals surface area contributed by atoms with E-state index in [2.05, 4.69) is 30.7 Å². The van der Waals surface area contributed by atoms with Gasteiger partial charge in [0, 0.05) is 30.5 Å². The quantitative estimate of drug-likeness (QED) is 0.808. The molecule has 1 aromatic heterocycles. The topological polar surface area (TPSA) is 29.0 Å². The second-order valence-electron chi connectivity index (χ2n) is 4.87. The molecule has 0 amide bonds. The SMILES string of the molecule is CC(C)c1nccc(N2CCSCCC2C)n1. The Morgan fingerprint density at radius 3 is 3.00 bits per heavy atom. The summed E-state index contributed by atoms with van der Waals surface area (Å²) in [5, 5.41) is 0. The van der Waals surface area contributed by atoms with Crippen LogP contribution in [0, 0.1) is 0 Å². The van der Waals surface area contributed by atoms with Crippen LogP contribution in [0.15, 0.2) is 12.3 Å². The summed E-state index contributed by atoms with van der Waals surface area (Å²) >= 11 is 2.04. The summed E-state index contributed by atoms with van der Waals surface area (Å²) in [6.07, 6.45) is 3.13. The molecule has 1 aliphatic rings. The maximum Gasteiger partial charge on any atom is 0.133 e. The molecule has 0 aromatic carbocycles. The van der Waals surface area contributed by atoms with Crippen molar-refractivity contribution >= 4 is 17.6 Å². The number of anilines is 1. The van der Waals surface area contributed by atoms with Crippen molar-refractivity contribution in [1.82, 2.24) is 9.97 Å². The number of hydrogen-bond donors (Lipinski definition) is 0. The summed E-state index contributed by atoms with van der Waals surface area (Å²) in [4.78, 5) is 11.5. The van der Waals surface area contributed by atoms with Crippen LogP contribution in [0.3, 0.4) is 0 Å². The Kier molecular flexibility index (Phi) is 4.26. The molecule has 4 heteroatoms. The molecule has 2 rings (SSSR count). The highest BCUT2D eigenvalue weighted by Gasteiger charge is 2.19. The molecule has 0 aliphatic carbocycles. The Labute approximate surface area is 108 Å². The first-order valence-corrected chi connectivity index (χ1v) is 7.51. The van der Waals surface area contributed by atoms with Crippen LogP contribution >= 0.6 is 11.8 Å². The number of thioether (sulfide) groups is 1. The predicted octanol–water partition coefficient (Wildman–Crippen LogP) is 2.93. The van der Waals surface area contributed by atoms with Crippen molar-refractivity contribution in [3.63, 3.8) is 0 Å². The highest BCUT2D eigenvalue weighted by Crippen LogP contribution is 2.22. The number of hydrogen-bond acceptors (Lipinski definition) is 4. The molecule has 0 spiro atoms. The van der Waals surface area contributed by atoms with Crippen LogP contribution in [0.1, 0.15) is 38.9 Å². The van der Waals surface area contributed by atoms with Crippen molar-refractivity contribution in [1.29, 1.82) is 0 Å². The van der Waals surface area contributed by atoms with Crippen LogP contribution in [0.5, 0.6) is 0 Å². The van der Waals surface area contributed by atoms with Crippen LogP contribution in [-0.4, -0.2) is 34.1 Å². The lowest BCUT2D eigenvalue weighted by atomic mass is 10.2. The van der Waals surface area contributed by atoms with Crippen molar-refractivity contribution in [3.05, 3.63) is 18.1 Å². The fourth-order valence-corrected chi connectivity index (χ4v) is 3.08. The first-order chi connectivity index (χ1) is 8.18. The molecule has 1 atom stereocenters. The Morgan fingerprint density at radius 2 is 2.24 bits per heavy atom. The maximum atomic E-state index is 4.69. The molecule has 1 fully saturated rings. The first-order valence-electron chi connectivity index (χ1n) is 6.36. The van der Waals surface area contributed by atoms with E-state index in [4.69, 9.17) is 4.98 Å². The average Bonchev–Trinajstić information content (AvgIpc) is 2.54. The predicted molar refractivity (Wildman–Crippen MR) is 74.9 cm³/mol. The second kappa shape index (κ2) is 5.71. The summed E-state index contributed by atoms with van der Waals surface area (Å²) in [6, 6.07) is 2.62. The molecule has 0 radical (unpaired) electrons. The zero-order chi connectivity index (χ0) is 12.3. The average molecular weight is 251 g/mol. The molecular formula is C13H21N3S. The molecule has 1 saturated heterocycles. The number of nitrogens with zero attached hydrogens (tertiary/aromatic N) is 3. The van der Waals surface area contributed by atoms with Crippen molar-refractivity contribution in [3.8, 4) is 0 Å². The molecule has 94 valence electrons. The van der Waals surface area contributed by atoms with E-state index in [1.165, 1.54) is 17.9 Å². The number of aromatic nitrogens is 2. The molecule has 3 nitrogen and oxygen atoms in total. The molecular weight excluding hydrogens is 230 g/mol. The van der Waals surface area contributed by atoms with E-state index < -0.39 is 0 Å². The molecule has 2 heterocycles. The Bertz CT molecular complexity index is 367. The monoisotopic (exact) mass is 251 g/mol. The largest absolute Gasteiger partial charge is 0.353 e. The highest BCUT2D eigenvalue weighted by atomic mass is 32.2. The summed E-state index contributed by atoms with van der Waals surface area (Å²) in [7, 11) is 0. The van der Waals surface area contributed by atoms with Crippen LogP contribution in [0.4, 0.5) is 5.82 Å². The van der Waals surface area contributed by atoms with Crippen molar-refractivity contribution < 1.29 is 0 Å². The second-order valence-corrected chi connectivity index (χ2v) is 6.10. The van der Waals surface area contributed by atoms with Gasteiger partial charge in [-0.2, -0.15) is 11.8 Å². The van der Waals surface area contributed by atoms with Gasteiger partial charge in [-0.25, -0.2) is 9.97 Å². The first kappa shape index (κ1) is 12.7. The standard InChI is InChI=1S/C13H21N3S/c1-10(2)13-14-6-4-12(15-13)16-7-9-17-8-5-11(16)3/h4,6,10-11H,5,7-9H2,1-3H3. The fraction of sp³-hybridized carbons (Fsp3) is 0.692. The van der Waals surface area contributed by atoms with Gasteiger partial charge in [0.25, 0.3) is 0 Å². The lowest BCUT2D eigenvalue weighted by Gasteiger charge is -2.28. The Hall–Kier alpha value is -0.770. The van der Waals surface area contributed by atoms with Gasteiger partial charge < -0.3 is 4.90 Å². The van der Waals surface area contributed by atoms with E-state index in [-0.39, 0.29) is 0 Å². The lowest BCUT2D eigenvalue weighted by Crippen LogP contribution is -2.34. The van der Waals surface area contributed by atoms with Gasteiger partial charge in [-0.05, 0) is 25.2 Å². The minimum atomic E-state index is 0.395. The van der Waals surface area contributed by atoms with E-state index in [0.717, 1.165) is 18.2 Å². The molecule has 17 heavy (non-hydrogen) atoms. The molecule has 1 aromatic rings. The Balaban J connectivity index is 2.22. The smallest absolute Gasteiger partial charge is 0.133 e. The molecule has 1 unspecified atom stereocenters. The maximum absolute atomic E-state index is 4.69. The minimum absolute atomic E-state index is 0.395. The van der Waals surface area contributed by atoms with Crippen molar-refractivity contribution in [2.45, 2.75) is 39.2 Å². The van der Waals surface area contributed by atoms with E-state index in [1.54, 1.807) is 0 Å². The van der Waals surface area contributed by atoms with Gasteiger partial charge in [-0.15, -0.1) is 0 Å². The van der Waals surface area contributed by atoms with E-state index >= 15 is 0 Å². The minimum Gasteiger partial charge on any atom is -0.353 e. The van der Waals surface area contributed by atoms with Gasteiger partial charge in [0.05, 0.1) is 0 Å².